The predicted molar refractivity (Wildman–Crippen MR) is 194 cm³/mol. The van der Waals surface area contributed by atoms with Gasteiger partial charge in [0.2, 0.25) is 0 Å². The van der Waals surface area contributed by atoms with Gasteiger partial charge in [-0.3, -0.25) is 0 Å². The summed E-state index contributed by atoms with van der Waals surface area (Å²) in [7, 11) is 0. The number of hydrogen-bond acceptors (Lipinski definition) is 9. The molecule has 3 heterocycles. The van der Waals surface area contributed by atoms with Gasteiger partial charge in [-0.2, -0.15) is 0 Å². The SMILES string of the molecule is CC1(C)CC(COCCOc2ccc(OCCOCC3CC(C)(C)NC3(C)C)c(OCCOCC3CC(C)(C)NC3(C)C)c2)C(C)(C)N1. The second-order valence-corrected chi connectivity index (χ2v) is 18.3. The molecule has 0 amide bonds. The molecule has 3 fully saturated rings. The summed E-state index contributed by atoms with van der Waals surface area (Å²) in [4.78, 5) is 0. The number of ether oxygens (including phenoxy) is 6. The Morgan fingerprint density at radius 3 is 1.19 bits per heavy atom. The van der Waals surface area contributed by atoms with Crippen molar-refractivity contribution in [1.29, 1.82) is 0 Å². The third kappa shape index (κ3) is 11.2. The molecule has 0 spiro atoms. The fourth-order valence-electron chi connectivity index (χ4n) is 8.62. The van der Waals surface area contributed by atoms with Crippen LogP contribution in [0.15, 0.2) is 18.2 Å². The van der Waals surface area contributed by atoms with Crippen molar-refractivity contribution in [3.8, 4) is 17.2 Å². The van der Waals surface area contributed by atoms with Crippen molar-refractivity contribution in [3.63, 3.8) is 0 Å². The van der Waals surface area contributed by atoms with E-state index in [4.69, 9.17) is 28.4 Å². The monoisotopic (exact) mass is 676 g/mol. The first-order valence-electron chi connectivity index (χ1n) is 18.3. The van der Waals surface area contributed by atoms with Crippen LogP contribution in [-0.4, -0.2) is 92.7 Å². The Bertz CT molecular complexity index is 1180. The van der Waals surface area contributed by atoms with Crippen LogP contribution in [0.1, 0.15) is 102 Å². The summed E-state index contributed by atoms with van der Waals surface area (Å²) in [6.45, 7) is 32.1. The van der Waals surface area contributed by atoms with Crippen molar-refractivity contribution in [2.24, 2.45) is 17.8 Å². The molecule has 3 aliphatic heterocycles. The Morgan fingerprint density at radius 2 is 0.833 bits per heavy atom. The maximum absolute atomic E-state index is 6.23. The number of hydrogen-bond donors (Lipinski definition) is 3. The van der Waals surface area contributed by atoms with Crippen molar-refractivity contribution in [1.82, 2.24) is 16.0 Å². The van der Waals surface area contributed by atoms with E-state index in [1.165, 1.54) is 0 Å². The Labute approximate surface area is 292 Å². The van der Waals surface area contributed by atoms with Gasteiger partial charge in [0, 0.05) is 57.1 Å². The summed E-state index contributed by atoms with van der Waals surface area (Å²) in [6.07, 6.45) is 3.27. The third-order valence-electron chi connectivity index (χ3n) is 10.7. The number of nitrogens with one attached hydrogen (secondary N) is 3. The molecular weight excluding hydrogens is 606 g/mol. The molecule has 3 saturated heterocycles. The molecule has 0 radical (unpaired) electrons. The largest absolute Gasteiger partial charge is 0.491 e. The Balaban J connectivity index is 1.25. The second-order valence-electron chi connectivity index (χ2n) is 18.3. The first-order valence-corrected chi connectivity index (χ1v) is 18.3. The lowest BCUT2D eigenvalue weighted by Gasteiger charge is -2.28. The molecule has 1 aromatic carbocycles. The van der Waals surface area contributed by atoms with Gasteiger partial charge in [0.05, 0.1) is 39.6 Å². The van der Waals surface area contributed by atoms with Crippen molar-refractivity contribution in [2.75, 3.05) is 59.5 Å². The van der Waals surface area contributed by atoms with Crippen LogP contribution in [0, 0.1) is 17.8 Å². The topological polar surface area (TPSA) is 91.5 Å². The second kappa shape index (κ2) is 15.3. The molecule has 9 heteroatoms. The van der Waals surface area contributed by atoms with E-state index in [1.807, 2.05) is 18.2 Å². The minimum atomic E-state index is 0.0455. The molecule has 276 valence electrons. The van der Waals surface area contributed by atoms with Gasteiger partial charge in [-0.1, -0.05) is 0 Å². The maximum Gasteiger partial charge on any atom is 0.164 e. The van der Waals surface area contributed by atoms with E-state index in [0.717, 1.165) is 25.0 Å². The lowest BCUT2D eigenvalue weighted by molar-refractivity contribution is 0.0537. The molecule has 3 atom stereocenters. The van der Waals surface area contributed by atoms with Gasteiger partial charge >= 0.3 is 0 Å². The number of benzene rings is 1. The van der Waals surface area contributed by atoms with E-state index >= 15 is 0 Å². The van der Waals surface area contributed by atoms with Crippen LogP contribution >= 0.6 is 0 Å². The van der Waals surface area contributed by atoms with Gasteiger partial charge in [-0.25, -0.2) is 0 Å². The standard InChI is InChI=1S/C39H69N3O6/c1-34(2)22-28(37(7,8)40-34)25-43-15-18-46-31-13-14-32(47-19-16-44-26-29-23-35(3,4)41-38(29,9)10)33(21-31)48-20-17-45-27-30-24-36(5,6)42-39(30,11)12/h13-14,21,28-30,40-42H,15-20,22-27H2,1-12H3. The molecule has 0 saturated carbocycles. The zero-order valence-corrected chi connectivity index (χ0v) is 32.4. The van der Waals surface area contributed by atoms with Crippen LogP contribution in [0.2, 0.25) is 0 Å². The maximum atomic E-state index is 6.23. The highest BCUT2D eigenvalue weighted by molar-refractivity contribution is 5.45. The Hall–Kier alpha value is -1.62. The van der Waals surface area contributed by atoms with Gasteiger partial charge in [-0.15, -0.1) is 0 Å². The van der Waals surface area contributed by atoms with E-state index in [9.17, 15) is 0 Å². The Kier molecular flexibility index (Phi) is 12.5. The van der Waals surface area contributed by atoms with Gasteiger partial charge in [0.15, 0.2) is 11.5 Å². The fourth-order valence-corrected chi connectivity index (χ4v) is 8.62. The normalized spacial score (nSPS) is 27.6. The van der Waals surface area contributed by atoms with Crippen LogP contribution < -0.4 is 30.2 Å². The van der Waals surface area contributed by atoms with Crippen molar-refractivity contribution in [2.45, 2.75) is 136 Å². The summed E-state index contributed by atoms with van der Waals surface area (Å²) in [5, 5.41) is 11.2. The van der Waals surface area contributed by atoms with E-state index in [2.05, 4.69) is 99.0 Å². The van der Waals surface area contributed by atoms with Gasteiger partial charge < -0.3 is 44.4 Å². The van der Waals surface area contributed by atoms with E-state index in [1.54, 1.807) is 0 Å². The molecule has 3 N–H and O–H groups in total. The van der Waals surface area contributed by atoms with Crippen LogP contribution in [0.25, 0.3) is 0 Å². The molecular formula is C39H69N3O6. The molecule has 3 unspecified atom stereocenters. The fraction of sp³-hybridized carbons (Fsp3) is 0.846. The van der Waals surface area contributed by atoms with Crippen LogP contribution in [0.4, 0.5) is 0 Å². The van der Waals surface area contributed by atoms with Crippen molar-refractivity contribution >= 4 is 0 Å². The predicted octanol–water partition coefficient (Wildman–Crippen LogP) is 6.37. The van der Waals surface area contributed by atoms with Crippen LogP contribution in [0.3, 0.4) is 0 Å². The lowest BCUT2D eigenvalue weighted by atomic mass is 9.88. The molecule has 1 aromatic rings. The third-order valence-corrected chi connectivity index (χ3v) is 10.7. The zero-order valence-electron chi connectivity index (χ0n) is 32.4. The lowest BCUT2D eigenvalue weighted by Crippen LogP contribution is -2.45. The highest BCUT2D eigenvalue weighted by Crippen LogP contribution is 2.38. The summed E-state index contributed by atoms with van der Waals surface area (Å²) in [5.74, 6) is 3.41. The van der Waals surface area contributed by atoms with E-state index < -0.39 is 0 Å². The van der Waals surface area contributed by atoms with Gasteiger partial charge in [-0.05, 0) is 114 Å². The summed E-state index contributed by atoms with van der Waals surface area (Å²) >= 11 is 0. The van der Waals surface area contributed by atoms with E-state index in [-0.39, 0.29) is 33.2 Å². The van der Waals surface area contributed by atoms with Crippen molar-refractivity contribution in [3.05, 3.63) is 18.2 Å². The minimum Gasteiger partial charge on any atom is -0.491 e. The van der Waals surface area contributed by atoms with Gasteiger partial charge in [0.1, 0.15) is 25.6 Å². The quantitative estimate of drug-likeness (QED) is 0.154. The van der Waals surface area contributed by atoms with E-state index in [0.29, 0.717) is 88.7 Å². The average Bonchev–Trinajstić information content (AvgIpc) is 3.39. The summed E-state index contributed by atoms with van der Waals surface area (Å²) < 4.78 is 36.7. The molecule has 0 bridgehead atoms. The molecule has 0 aromatic heterocycles. The van der Waals surface area contributed by atoms with Gasteiger partial charge in [0.25, 0.3) is 0 Å². The van der Waals surface area contributed by atoms with Crippen molar-refractivity contribution < 1.29 is 28.4 Å². The highest BCUT2D eigenvalue weighted by atomic mass is 16.6. The van der Waals surface area contributed by atoms with Crippen LogP contribution in [0.5, 0.6) is 17.2 Å². The first-order chi connectivity index (χ1) is 22.2. The smallest absolute Gasteiger partial charge is 0.164 e. The molecule has 0 aliphatic carbocycles. The number of rotatable bonds is 18. The summed E-state index contributed by atoms with van der Waals surface area (Å²) in [6, 6.07) is 5.75. The zero-order chi connectivity index (χ0) is 35.4. The Morgan fingerprint density at radius 1 is 0.479 bits per heavy atom. The highest BCUT2D eigenvalue weighted by Gasteiger charge is 2.45. The first kappa shape index (κ1) is 39.2. The van der Waals surface area contributed by atoms with Crippen LogP contribution in [-0.2, 0) is 14.2 Å². The molecule has 4 rings (SSSR count). The molecule has 48 heavy (non-hydrogen) atoms. The molecule has 9 nitrogen and oxygen atoms in total. The molecule has 3 aliphatic rings. The minimum absolute atomic E-state index is 0.0455. The average molecular weight is 676 g/mol. The summed E-state index contributed by atoms with van der Waals surface area (Å²) in [5.41, 5.74) is 0.538.